The van der Waals surface area contributed by atoms with Crippen molar-refractivity contribution in [1.29, 1.82) is 0 Å². The van der Waals surface area contributed by atoms with E-state index in [-0.39, 0.29) is 22.4 Å². The van der Waals surface area contributed by atoms with Gasteiger partial charge in [-0.25, -0.2) is 0 Å². The fraction of sp³-hybridized carbons (Fsp3) is 0.375. The highest BCUT2D eigenvalue weighted by atomic mass is 16.6. The molecule has 0 spiro atoms. The van der Waals surface area contributed by atoms with E-state index in [1.807, 2.05) is 0 Å². The van der Waals surface area contributed by atoms with Crippen molar-refractivity contribution in [3.05, 3.63) is 40.6 Å². The lowest BCUT2D eigenvalue weighted by atomic mass is 9.94. The normalized spacial score (nSPS) is 19.6. The first-order valence-electron chi connectivity index (χ1n) is 7.54. The van der Waals surface area contributed by atoms with Crippen molar-refractivity contribution in [1.82, 2.24) is 4.73 Å². The number of carbonyl (C=O) groups excluding carboxylic acids is 2. The second-order valence-corrected chi connectivity index (χ2v) is 5.64. The zero-order valence-corrected chi connectivity index (χ0v) is 13.3. The van der Waals surface area contributed by atoms with E-state index >= 15 is 0 Å². The third kappa shape index (κ3) is 2.60. The third-order valence-corrected chi connectivity index (χ3v) is 3.96. The second-order valence-electron chi connectivity index (χ2n) is 5.64. The van der Waals surface area contributed by atoms with Crippen LogP contribution in [-0.2, 0) is 19.1 Å². The summed E-state index contributed by atoms with van der Waals surface area (Å²) < 4.78 is 11.9. The molecule has 24 heavy (non-hydrogen) atoms. The van der Waals surface area contributed by atoms with Gasteiger partial charge < -0.3 is 14.7 Å². The van der Waals surface area contributed by atoms with Crippen LogP contribution in [0.5, 0.6) is 0 Å². The van der Waals surface area contributed by atoms with E-state index in [0.29, 0.717) is 17.3 Å². The highest BCUT2D eigenvalue weighted by Gasteiger charge is 2.43. The first kappa shape index (κ1) is 16.0. The molecule has 2 atom stereocenters. The summed E-state index contributed by atoms with van der Waals surface area (Å²) in [6.45, 7) is 2.51. The Bertz CT molecular complexity index is 888. The summed E-state index contributed by atoms with van der Waals surface area (Å²) in [6.07, 6.45) is -0.974. The van der Waals surface area contributed by atoms with E-state index in [2.05, 4.69) is 0 Å². The first-order chi connectivity index (χ1) is 11.4. The Morgan fingerprint density at radius 3 is 2.38 bits per heavy atom. The quantitative estimate of drug-likeness (QED) is 0.511. The first-order valence-corrected chi connectivity index (χ1v) is 7.54. The maximum atomic E-state index is 12.8. The monoisotopic (exact) mass is 333 g/mol. The van der Waals surface area contributed by atoms with Crippen molar-refractivity contribution in [3.63, 3.8) is 0 Å². The summed E-state index contributed by atoms with van der Waals surface area (Å²) >= 11 is 0. The summed E-state index contributed by atoms with van der Waals surface area (Å²) in [4.78, 5) is 35.5. The Kier molecular flexibility index (Phi) is 3.96. The van der Waals surface area contributed by atoms with Gasteiger partial charge in [-0.3, -0.25) is 9.59 Å². The van der Waals surface area contributed by atoms with Crippen molar-refractivity contribution in [2.24, 2.45) is 0 Å². The van der Waals surface area contributed by atoms with Crippen LogP contribution in [0.4, 0.5) is 0 Å². The number of fused-ring (bicyclic) bond motifs is 2. The molecule has 0 bridgehead atoms. The van der Waals surface area contributed by atoms with Crippen molar-refractivity contribution < 1.29 is 28.7 Å². The number of ether oxygens (including phenoxy) is 2. The van der Waals surface area contributed by atoms with Crippen LogP contribution in [0.15, 0.2) is 24.3 Å². The fourth-order valence-corrected chi connectivity index (χ4v) is 3.09. The minimum absolute atomic E-state index is 0.0731. The number of para-hydroxylation sites is 2. The van der Waals surface area contributed by atoms with E-state index in [9.17, 15) is 19.7 Å². The van der Waals surface area contributed by atoms with Gasteiger partial charge in [-0.2, -0.15) is 4.73 Å². The number of hydrogen-bond donors (Lipinski definition) is 1. The number of nitrogens with zero attached hydrogens (tertiary/aromatic N) is 2. The molecule has 0 unspecified atom stereocenters. The Morgan fingerprint density at radius 1 is 1.12 bits per heavy atom. The number of carbonyl (C=O) groups is 2. The summed E-state index contributed by atoms with van der Waals surface area (Å²) in [5, 5.41) is 10.6. The third-order valence-electron chi connectivity index (χ3n) is 3.96. The molecule has 0 aliphatic heterocycles. The van der Waals surface area contributed by atoms with E-state index in [0.717, 1.165) is 4.73 Å². The summed E-state index contributed by atoms with van der Waals surface area (Å²) in [7, 11) is 0. The molecule has 1 aliphatic carbocycles. The molecule has 8 heteroatoms. The van der Waals surface area contributed by atoms with Gasteiger partial charge in [0.15, 0.2) is 23.4 Å². The minimum atomic E-state index is -0.815. The van der Waals surface area contributed by atoms with Crippen LogP contribution in [0.1, 0.15) is 50.3 Å². The molecular formula is C16H17N2O6+. The average molecular weight is 333 g/mol. The lowest BCUT2D eigenvalue weighted by Gasteiger charge is -2.27. The van der Waals surface area contributed by atoms with Gasteiger partial charge in [-0.15, -0.1) is 0 Å². The summed E-state index contributed by atoms with van der Waals surface area (Å²) in [6, 6.07) is 6.46. The molecule has 1 heterocycles. The number of aromatic nitrogens is 2. The number of rotatable bonds is 2. The molecule has 1 aromatic carbocycles. The number of esters is 2. The Labute approximate surface area is 136 Å². The molecule has 1 aliphatic rings. The van der Waals surface area contributed by atoms with E-state index in [1.54, 1.807) is 24.3 Å². The Morgan fingerprint density at radius 2 is 1.71 bits per heavy atom. The molecule has 0 radical (unpaired) electrons. The highest BCUT2D eigenvalue weighted by molar-refractivity contribution is 5.72. The predicted octanol–water partition coefficient (Wildman–Crippen LogP) is 1.80. The molecule has 0 saturated carbocycles. The van der Waals surface area contributed by atoms with Gasteiger partial charge in [0, 0.05) is 24.8 Å². The smallest absolute Gasteiger partial charge is 0.307 e. The zero-order valence-electron chi connectivity index (χ0n) is 13.3. The second kappa shape index (κ2) is 5.95. The molecule has 1 N–H and O–H groups in total. The van der Waals surface area contributed by atoms with Crippen LogP contribution in [0.3, 0.4) is 0 Å². The van der Waals surface area contributed by atoms with Crippen molar-refractivity contribution in [2.75, 3.05) is 0 Å². The van der Waals surface area contributed by atoms with Crippen LogP contribution in [0.25, 0.3) is 11.0 Å². The summed E-state index contributed by atoms with van der Waals surface area (Å²) in [5.74, 6) is -1.06. The van der Waals surface area contributed by atoms with Gasteiger partial charge in [0.1, 0.15) is 0 Å². The van der Waals surface area contributed by atoms with Gasteiger partial charge in [0.05, 0.1) is 4.43 Å². The van der Waals surface area contributed by atoms with Crippen LogP contribution in [0, 0.1) is 4.91 Å². The van der Waals surface area contributed by atoms with Crippen molar-refractivity contribution >= 4 is 23.0 Å². The van der Waals surface area contributed by atoms with Gasteiger partial charge in [-0.05, 0) is 18.9 Å². The van der Waals surface area contributed by atoms with Gasteiger partial charge in [0.2, 0.25) is 0 Å². The molecule has 8 nitrogen and oxygen atoms in total. The van der Waals surface area contributed by atoms with E-state index < -0.39 is 24.1 Å². The van der Waals surface area contributed by atoms with Crippen LogP contribution in [-0.4, -0.2) is 21.9 Å². The molecule has 3 rings (SSSR count). The van der Waals surface area contributed by atoms with Crippen LogP contribution in [0.2, 0.25) is 0 Å². The number of hydrogen-bond acceptors (Lipinski definition) is 6. The largest absolute Gasteiger partial charge is 0.456 e. The zero-order chi connectivity index (χ0) is 17.4. The van der Waals surface area contributed by atoms with Crippen molar-refractivity contribution in [2.45, 2.75) is 38.9 Å². The van der Waals surface area contributed by atoms with Gasteiger partial charge >= 0.3 is 17.6 Å². The minimum Gasteiger partial charge on any atom is -0.456 e. The molecule has 0 fully saturated rings. The highest BCUT2D eigenvalue weighted by Crippen LogP contribution is 2.39. The predicted molar refractivity (Wildman–Crippen MR) is 80.7 cm³/mol. The van der Waals surface area contributed by atoms with Gasteiger partial charge in [-0.1, -0.05) is 12.1 Å². The maximum Gasteiger partial charge on any atom is 0.307 e. The lowest BCUT2D eigenvalue weighted by molar-refractivity contribution is -0.485. The fourth-order valence-electron chi connectivity index (χ4n) is 3.09. The SMILES string of the molecule is CC(=O)O[C@H]1CC[C@@H](OC(C)=O)c2c1n(O)c1ccccc1[n+]2=O. The van der Waals surface area contributed by atoms with Crippen LogP contribution >= 0.6 is 0 Å². The summed E-state index contributed by atoms with van der Waals surface area (Å²) in [5.41, 5.74) is 0.687. The lowest BCUT2D eigenvalue weighted by Crippen LogP contribution is -2.36. The molecule has 0 saturated heterocycles. The topological polar surface area (TPSA) is 101 Å². The standard InChI is InChI=1S/C16H17N2O6/c1-9(19)23-13-7-8-14(24-10(2)20)16-15(13)17(21)11-5-3-4-6-12(11)18(16)22/h3-6,13-14,21H,7-8H2,1-2H3/q+1/t13-,14+/m0/s1. The van der Waals surface area contributed by atoms with Crippen molar-refractivity contribution in [3.8, 4) is 0 Å². The van der Waals surface area contributed by atoms with E-state index in [1.165, 1.54) is 13.8 Å². The molecule has 2 aromatic rings. The van der Waals surface area contributed by atoms with Gasteiger partial charge in [0.25, 0.3) is 5.52 Å². The molecule has 1 aromatic heterocycles. The van der Waals surface area contributed by atoms with Crippen LogP contribution < -0.4 is 4.43 Å². The molecule has 0 amide bonds. The average Bonchev–Trinajstić information content (AvgIpc) is 2.53. The Hall–Kier alpha value is -2.90. The maximum absolute atomic E-state index is 12.8. The molecular weight excluding hydrogens is 316 g/mol. The molecule has 126 valence electrons. The Balaban J connectivity index is 2.30. The van der Waals surface area contributed by atoms with E-state index in [4.69, 9.17) is 9.47 Å². The number of benzene rings is 1.